The summed E-state index contributed by atoms with van der Waals surface area (Å²) in [4.78, 5) is 0. The Hall–Kier alpha value is -1.42. The number of hydrogen-bond donors (Lipinski definition) is 2. The second-order valence-electron chi connectivity index (χ2n) is 5.27. The number of hydrogen-bond acceptors (Lipinski definition) is 3. The summed E-state index contributed by atoms with van der Waals surface area (Å²) < 4.78 is 5.49. The van der Waals surface area contributed by atoms with Crippen molar-refractivity contribution in [2.75, 3.05) is 19.8 Å². The van der Waals surface area contributed by atoms with Crippen LogP contribution in [-0.2, 0) is 4.74 Å². The minimum absolute atomic E-state index is 0.0222. The Morgan fingerprint density at radius 3 is 2.79 bits per heavy atom. The van der Waals surface area contributed by atoms with E-state index in [1.807, 2.05) is 0 Å². The van der Waals surface area contributed by atoms with Gasteiger partial charge in [-0.2, -0.15) is 0 Å². The van der Waals surface area contributed by atoms with Crippen LogP contribution in [0.1, 0.15) is 17.2 Å². The number of nitrogens with one attached hydrogen (secondary N) is 1. The summed E-state index contributed by atoms with van der Waals surface area (Å²) >= 11 is 0. The molecule has 1 saturated heterocycles. The van der Waals surface area contributed by atoms with E-state index in [1.54, 1.807) is 0 Å². The molecule has 2 aromatic carbocycles. The number of ether oxygens (including phenoxy) is 1. The molecule has 0 radical (unpaired) electrons. The maximum absolute atomic E-state index is 6.35. The Kier molecular flexibility index (Phi) is 3.51. The standard InChI is InChI=1S/C16H20N2O/c1-11-2-3-13-9-14(5-4-12(13)8-11)16(17)15-10-19-7-6-18-15/h2-5,8-9,15-16,18H,6-7,10,17H2,1H3. The molecule has 19 heavy (non-hydrogen) atoms. The zero-order valence-corrected chi connectivity index (χ0v) is 11.2. The molecular formula is C16H20N2O. The van der Waals surface area contributed by atoms with Gasteiger partial charge in [0.05, 0.1) is 13.2 Å². The van der Waals surface area contributed by atoms with Gasteiger partial charge in [-0.25, -0.2) is 0 Å². The third-order valence-corrected chi connectivity index (χ3v) is 3.79. The van der Waals surface area contributed by atoms with Crippen LogP contribution in [-0.4, -0.2) is 25.8 Å². The lowest BCUT2D eigenvalue weighted by Crippen LogP contribution is -2.47. The molecule has 0 spiro atoms. The third-order valence-electron chi connectivity index (χ3n) is 3.79. The highest BCUT2D eigenvalue weighted by Gasteiger charge is 2.21. The van der Waals surface area contributed by atoms with Gasteiger partial charge < -0.3 is 15.8 Å². The van der Waals surface area contributed by atoms with Crippen LogP contribution < -0.4 is 11.1 Å². The largest absolute Gasteiger partial charge is 0.378 e. The van der Waals surface area contributed by atoms with E-state index in [2.05, 4.69) is 48.6 Å². The highest BCUT2D eigenvalue weighted by Crippen LogP contribution is 2.22. The highest BCUT2D eigenvalue weighted by molar-refractivity contribution is 5.83. The van der Waals surface area contributed by atoms with Crippen molar-refractivity contribution in [1.29, 1.82) is 0 Å². The second-order valence-corrected chi connectivity index (χ2v) is 5.27. The maximum Gasteiger partial charge on any atom is 0.0638 e. The van der Waals surface area contributed by atoms with Crippen LogP contribution in [0.2, 0.25) is 0 Å². The molecule has 1 fully saturated rings. The summed E-state index contributed by atoms with van der Waals surface area (Å²) in [6, 6.07) is 13.2. The molecule has 0 bridgehead atoms. The van der Waals surface area contributed by atoms with Crippen LogP contribution in [0.4, 0.5) is 0 Å². The number of rotatable bonds is 2. The minimum Gasteiger partial charge on any atom is -0.378 e. The zero-order chi connectivity index (χ0) is 13.2. The van der Waals surface area contributed by atoms with Gasteiger partial charge in [0.15, 0.2) is 0 Å². The Bertz CT molecular complexity index is 576. The molecule has 1 heterocycles. The van der Waals surface area contributed by atoms with Crippen LogP contribution >= 0.6 is 0 Å². The summed E-state index contributed by atoms with van der Waals surface area (Å²) in [5.41, 5.74) is 8.80. The Morgan fingerprint density at radius 2 is 2.00 bits per heavy atom. The van der Waals surface area contributed by atoms with E-state index < -0.39 is 0 Å². The van der Waals surface area contributed by atoms with Crippen molar-refractivity contribution in [3.05, 3.63) is 47.5 Å². The van der Waals surface area contributed by atoms with Crippen LogP contribution in [0, 0.1) is 6.92 Å². The number of benzene rings is 2. The molecule has 2 atom stereocenters. The maximum atomic E-state index is 6.35. The van der Waals surface area contributed by atoms with Crippen molar-refractivity contribution in [2.45, 2.75) is 19.0 Å². The van der Waals surface area contributed by atoms with Crippen LogP contribution in [0.15, 0.2) is 36.4 Å². The Labute approximate surface area is 113 Å². The fourth-order valence-electron chi connectivity index (χ4n) is 2.64. The lowest BCUT2D eigenvalue weighted by atomic mass is 9.96. The number of aryl methyl sites for hydroxylation is 1. The van der Waals surface area contributed by atoms with Gasteiger partial charge in [0.2, 0.25) is 0 Å². The predicted molar refractivity (Wildman–Crippen MR) is 78.2 cm³/mol. The first-order valence-corrected chi connectivity index (χ1v) is 6.81. The molecule has 3 N–H and O–H groups in total. The molecule has 3 heteroatoms. The Balaban J connectivity index is 1.89. The quantitative estimate of drug-likeness (QED) is 0.865. The summed E-state index contributed by atoms with van der Waals surface area (Å²) in [5, 5.41) is 5.94. The Morgan fingerprint density at radius 1 is 1.21 bits per heavy atom. The molecular weight excluding hydrogens is 236 g/mol. The fourth-order valence-corrected chi connectivity index (χ4v) is 2.64. The average Bonchev–Trinajstić information content (AvgIpc) is 2.47. The van der Waals surface area contributed by atoms with Crippen molar-refractivity contribution in [3.8, 4) is 0 Å². The summed E-state index contributed by atoms with van der Waals surface area (Å²) in [7, 11) is 0. The molecule has 3 rings (SSSR count). The third kappa shape index (κ3) is 2.63. The van der Waals surface area contributed by atoms with Crippen molar-refractivity contribution < 1.29 is 4.74 Å². The monoisotopic (exact) mass is 256 g/mol. The van der Waals surface area contributed by atoms with E-state index in [0.29, 0.717) is 6.61 Å². The SMILES string of the molecule is Cc1ccc2cc(C(N)C3COCCN3)ccc2c1. The topological polar surface area (TPSA) is 47.3 Å². The molecule has 1 aliphatic heterocycles. The lowest BCUT2D eigenvalue weighted by Gasteiger charge is -2.29. The molecule has 2 unspecified atom stereocenters. The molecule has 0 aliphatic carbocycles. The number of nitrogens with two attached hydrogens (primary N) is 1. The van der Waals surface area contributed by atoms with Crippen LogP contribution in [0.25, 0.3) is 10.8 Å². The van der Waals surface area contributed by atoms with E-state index in [-0.39, 0.29) is 12.1 Å². The second kappa shape index (κ2) is 5.29. The average molecular weight is 256 g/mol. The summed E-state index contributed by atoms with van der Waals surface area (Å²) in [6.07, 6.45) is 0. The van der Waals surface area contributed by atoms with E-state index in [4.69, 9.17) is 10.5 Å². The summed E-state index contributed by atoms with van der Waals surface area (Å²) in [5.74, 6) is 0. The predicted octanol–water partition coefficient (Wildman–Crippen LogP) is 2.14. The van der Waals surface area contributed by atoms with Crippen LogP contribution in [0.3, 0.4) is 0 Å². The summed E-state index contributed by atoms with van der Waals surface area (Å²) in [6.45, 7) is 4.46. The molecule has 0 aromatic heterocycles. The molecule has 3 nitrogen and oxygen atoms in total. The molecule has 1 aliphatic rings. The number of morpholine rings is 1. The molecule has 2 aromatic rings. The smallest absolute Gasteiger partial charge is 0.0638 e. The van der Waals surface area contributed by atoms with E-state index in [1.165, 1.54) is 21.9 Å². The molecule has 100 valence electrons. The normalized spacial score (nSPS) is 21.5. The van der Waals surface area contributed by atoms with Crippen molar-refractivity contribution >= 4 is 10.8 Å². The minimum atomic E-state index is -0.0222. The molecule has 0 amide bonds. The first kappa shape index (κ1) is 12.6. The van der Waals surface area contributed by atoms with E-state index in [0.717, 1.165) is 13.2 Å². The van der Waals surface area contributed by atoms with E-state index >= 15 is 0 Å². The van der Waals surface area contributed by atoms with Gasteiger partial charge in [0.1, 0.15) is 0 Å². The number of fused-ring (bicyclic) bond motifs is 1. The first-order valence-electron chi connectivity index (χ1n) is 6.81. The van der Waals surface area contributed by atoms with Gasteiger partial charge in [-0.1, -0.05) is 35.9 Å². The van der Waals surface area contributed by atoms with Gasteiger partial charge >= 0.3 is 0 Å². The van der Waals surface area contributed by atoms with Crippen LogP contribution in [0.5, 0.6) is 0 Å². The van der Waals surface area contributed by atoms with Gasteiger partial charge in [0.25, 0.3) is 0 Å². The van der Waals surface area contributed by atoms with E-state index in [9.17, 15) is 0 Å². The lowest BCUT2D eigenvalue weighted by molar-refractivity contribution is 0.0685. The first-order chi connectivity index (χ1) is 9.24. The van der Waals surface area contributed by atoms with Crippen molar-refractivity contribution in [3.63, 3.8) is 0 Å². The fraction of sp³-hybridized carbons (Fsp3) is 0.375. The van der Waals surface area contributed by atoms with Gasteiger partial charge in [-0.05, 0) is 29.3 Å². The van der Waals surface area contributed by atoms with Crippen molar-refractivity contribution in [1.82, 2.24) is 5.32 Å². The molecule has 0 saturated carbocycles. The highest BCUT2D eigenvalue weighted by atomic mass is 16.5. The van der Waals surface area contributed by atoms with Crippen molar-refractivity contribution in [2.24, 2.45) is 5.73 Å². The zero-order valence-electron chi connectivity index (χ0n) is 11.2. The van der Waals surface area contributed by atoms with Gasteiger partial charge in [0, 0.05) is 18.6 Å². The van der Waals surface area contributed by atoms with Gasteiger partial charge in [-0.3, -0.25) is 0 Å². The van der Waals surface area contributed by atoms with Gasteiger partial charge in [-0.15, -0.1) is 0 Å².